The van der Waals surface area contributed by atoms with E-state index in [1.54, 1.807) is 29.2 Å². The molecule has 4 rings (SSSR count). The number of rotatable bonds is 5. The van der Waals surface area contributed by atoms with Crippen LogP contribution in [0, 0.1) is 0 Å². The smallest absolute Gasteiger partial charge is 0.321 e. The number of ether oxygens (including phenoxy) is 2. The molecule has 0 bridgehead atoms. The molecule has 0 saturated carbocycles. The molecule has 0 aromatic heterocycles. The van der Waals surface area contributed by atoms with E-state index in [1.165, 1.54) is 0 Å². The van der Waals surface area contributed by atoms with Crippen LogP contribution in [-0.2, 0) is 0 Å². The molecule has 7 nitrogen and oxygen atoms in total. The summed E-state index contributed by atoms with van der Waals surface area (Å²) in [5.41, 5.74) is 0.726. The van der Waals surface area contributed by atoms with E-state index in [4.69, 9.17) is 21.1 Å². The number of benzene rings is 2. The highest BCUT2D eigenvalue weighted by atomic mass is 35.5. The number of piperidine rings is 1. The molecule has 8 heteroatoms. The normalized spacial score (nSPS) is 19.9. The summed E-state index contributed by atoms with van der Waals surface area (Å²) in [6, 6.07) is 14.7. The molecule has 0 radical (unpaired) electrons. The van der Waals surface area contributed by atoms with Crippen LogP contribution < -0.4 is 20.1 Å². The highest BCUT2D eigenvalue weighted by Gasteiger charge is 2.29. The van der Waals surface area contributed by atoms with Crippen LogP contribution in [0.2, 0.25) is 5.02 Å². The van der Waals surface area contributed by atoms with Gasteiger partial charge < -0.3 is 30.1 Å². The number of likely N-dealkylation sites (tertiary alicyclic amines) is 1. The third-order valence-corrected chi connectivity index (χ3v) is 5.71. The third-order valence-electron chi connectivity index (χ3n) is 5.45. The number of hydrogen-bond donors (Lipinski definition) is 3. The van der Waals surface area contributed by atoms with Gasteiger partial charge in [-0.25, -0.2) is 4.79 Å². The minimum absolute atomic E-state index is 0.109. The number of halogens is 1. The summed E-state index contributed by atoms with van der Waals surface area (Å²) in [5, 5.41) is 17.4. The summed E-state index contributed by atoms with van der Waals surface area (Å²) in [7, 11) is 0. The topological polar surface area (TPSA) is 83.1 Å². The first-order valence-corrected chi connectivity index (χ1v) is 10.6. The molecule has 160 valence electrons. The minimum atomic E-state index is -0.676. The van der Waals surface area contributed by atoms with Crippen molar-refractivity contribution in [2.75, 3.05) is 31.6 Å². The number of aliphatic hydroxyl groups is 1. The van der Waals surface area contributed by atoms with Crippen LogP contribution in [-0.4, -0.2) is 60.5 Å². The second-order valence-electron chi connectivity index (χ2n) is 7.59. The third kappa shape index (κ3) is 5.16. The summed E-state index contributed by atoms with van der Waals surface area (Å²) in [6.45, 7) is 2.05. The summed E-state index contributed by atoms with van der Waals surface area (Å²) >= 11 is 5.87. The highest BCUT2D eigenvalue weighted by Crippen LogP contribution is 2.31. The summed E-state index contributed by atoms with van der Waals surface area (Å²) in [4.78, 5) is 14.2. The van der Waals surface area contributed by atoms with Crippen LogP contribution in [0.15, 0.2) is 48.5 Å². The van der Waals surface area contributed by atoms with Crippen LogP contribution in [0.1, 0.15) is 12.8 Å². The summed E-state index contributed by atoms with van der Waals surface area (Å²) in [5.74, 6) is 1.37. The fourth-order valence-electron chi connectivity index (χ4n) is 3.67. The van der Waals surface area contributed by atoms with E-state index in [9.17, 15) is 9.90 Å². The maximum Gasteiger partial charge on any atom is 0.321 e. The first-order chi connectivity index (χ1) is 14.6. The van der Waals surface area contributed by atoms with E-state index >= 15 is 0 Å². The Morgan fingerprint density at radius 3 is 2.57 bits per heavy atom. The number of urea groups is 1. The standard InChI is InChI=1S/C22H26ClN3O4/c23-15-5-7-17(8-6-15)25-22(28)26-11-9-16(10-12-26)24-13-18(27)21-14-29-19-3-1-2-4-20(19)30-21/h1-8,16,18,21,24,27H,9-14H2,(H,25,28). The zero-order chi connectivity index (χ0) is 20.9. The number of para-hydroxylation sites is 2. The van der Waals surface area contributed by atoms with Gasteiger partial charge in [0.25, 0.3) is 0 Å². The average Bonchev–Trinajstić information content (AvgIpc) is 2.79. The molecule has 2 aliphatic heterocycles. The molecular formula is C22H26ClN3O4. The maximum atomic E-state index is 12.4. The Balaban J connectivity index is 1.19. The predicted octanol–water partition coefficient (Wildman–Crippen LogP) is 3.13. The van der Waals surface area contributed by atoms with Gasteiger partial charge in [0.05, 0.1) is 0 Å². The fraction of sp³-hybridized carbons (Fsp3) is 0.409. The molecule has 2 unspecified atom stereocenters. The molecule has 1 saturated heterocycles. The lowest BCUT2D eigenvalue weighted by molar-refractivity contribution is -0.0108. The molecule has 2 aliphatic rings. The molecular weight excluding hydrogens is 406 g/mol. The van der Waals surface area contributed by atoms with Gasteiger partial charge in [0.1, 0.15) is 12.7 Å². The molecule has 30 heavy (non-hydrogen) atoms. The molecule has 2 heterocycles. The number of amides is 2. The lowest BCUT2D eigenvalue weighted by Crippen LogP contribution is -2.50. The van der Waals surface area contributed by atoms with Crippen molar-refractivity contribution in [2.45, 2.75) is 31.1 Å². The maximum absolute atomic E-state index is 12.4. The monoisotopic (exact) mass is 431 g/mol. The van der Waals surface area contributed by atoms with Crippen LogP contribution in [0.5, 0.6) is 11.5 Å². The number of nitrogens with zero attached hydrogens (tertiary/aromatic N) is 1. The van der Waals surface area contributed by atoms with Crippen LogP contribution in [0.25, 0.3) is 0 Å². The Morgan fingerprint density at radius 2 is 1.83 bits per heavy atom. The van der Waals surface area contributed by atoms with Crippen molar-refractivity contribution in [1.29, 1.82) is 0 Å². The van der Waals surface area contributed by atoms with E-state index in [1.807, 2.05) is 24.3 Å². The first kappa shape index (κ1) is 20.8. The van der Waals surface area contributed by atoms with Crippen molar-refractivity contribution >= 4 is 23.3 Å². The van der Waals surface area contributed by atoms with Gasteiger partial charge in [0, 0.05) is 36.4 Å². The number of carbonyl (C=O) groups is 1. The number of aliphatic hydroxyl groups excluding tert-OH is 1. The molecule has 0 aliphatic carbocycles. The number of fused-ring (bicyclic) bond motifs is 1. The van der Waals surface area contributed by atoms with Crippen molar-refractivity contribution in [1.82, 2.24) is 10.2 Å². The lowest BCUT2D eigenvalue weighted by atomic mass is 10.0. The van der Waals surface area contributed by atoms with Crippen molar-refractivity contribution in [3.63, 3.8) is 0 Å². The molecule has 2 aromatic carbocycles. The van der Waals surface area contributed by atoms with E-state index in [0.717, 1.165) is 18.5 Å². The second-order valence-corrected chi connectivity index (χ2v) is 8.02. The molecule has 0 spiro atoms. The lowest BCUT2D eigenvalue weighted by Gasteiger charge is -2.34. The molecule has 2 atom stereocenters. The second kappa shape index (κ2) is 9.55. The van der Waals surface area contributed by atoms with E-state index < -0.39 is 12.2 Å². The van der Waals surface area contributed by atoms with Crippen molar-refractivity contribution in [3.8, 4) is 11.5 Å². The largest absolute Gasteiger partial charge is 0.486 e. The molecule has 1 fully saturated rings. The van der Waals surface area contributed by atoms with Gasteiger partial charge in [-0.15, -0.1) is 0 Å². The highest BCUT2D eigenvalue weighted by molar-refractivity contribution is 6.30. The number of nitrogens with one attached hydrogen (secondary N) is 2. The van der Waals surface area contributed by atoms with E-state index in [0.29, 0.717) is 42.8 Å². The number of carbonyl (C=O) groups excluding carboxylic acids is 1. The Labute approximate surface area is 180 Å². The van der Waals surface area contributed by atoms with E-state index in [-0.39, 0.29) is 12.1 Å². The minimum Gasteiger partial charge on any atom is -0.486 e. The molecule has 2 amide bonds. The van der Waals surface area contributed by atoms with Crippen LogP contribution >= 0.6 is 11.6 Å². The Kier molecular flexibility index (Phi) is 6.62. The number of hydrogen-bond acceptors (Lipinski definition) is 5. The predicted molar refractivity (Wildman–Crippen MR) is 115 cm³/mol. The Morgan fingerprint density at radius 1 is 1.13 bits per heavy atom. The van der Waals surface area contributed by atoms with Gasteiger partial charge in [0.15, 0.2) is 17.6 Å². The van der Waals surface area contributed by atoms with Gasteiger partial charge >= 0.3 is 6.03 Å². The van der Waals surface area contributed by atoms with Gasteiger partial charge in [-0.1, -0.05) is 23.7 Å². The van der Waals surface area contributed by atoms with Crippen LogP contribution in [0.3, 0.4) is 0 Å². The van der Waals surface area contributed by atoms with Gasteiger partial charge in [-0.2, -0.15) is 0 Å². The zero-order valence-corrected chi connectivity index (χ0v) is 17.3. The first-order valence-electron chi connectivity index (χ1n) is 10.2. The van der Waals surface area contributed by atoms with Crippen LogP contribution in [0.4, 0.5) is 10.5 Å². The van der Waals surface area contributed by atoms with Gasteiger partial charge in [0.2, 0.25) is 0 Å². The molecule has 2 aromatic rings. The van der Waals surface area contributed by atoms with Crippen molar-refractivity contribution < 1.29 is 19.4 Å². The van der Waals surface area contributed by atoms with Gasteiger partial charge in [-0.05, 0) is 49.2 Å². The van der Waals surface area contributed by atoms with Crippen molar-refractivity contribution in [2.24, 2.45) is 0 Å². The van der Waals surface area contributed by atoms with Gasteiger partial charge in [-0.3, -0.25) is 0 Å². The van der Waals surface area contributed by atoms with Crippen molar-refractivity contribution in [3.05, 3.63) is 53.6 Å². The Hall–Kier alpha value is -2.48. The average molecular weight is 432 g/mol. The SMILES string of the molecule is O=C(Nc1ccc(Cl)cc1)N1CCC(NCC(O)C2COc3ccccc3O2)CC1. The summed E-state index contributed by atoms with van der Waals surface area (Å²) in [6.07, 6.45) is 0.569. The quantitative estimate of drug-likeness (QED) is 0.677. The fourth-order valence-corrected chi connectivity index (χ4v) is 3.79. The molecule has 3 N–H and O–H groups in total. The number of anilines is 1. The summed E-state index contributed by atoms with van der Waals surface area (Å²) < 4.78 is 11.5. The Bertz CT molecular complexity index is 856. The zero-order valence-electron chi connectivity index (χ0n) is 16.6. The van der Waals surface area contributed by atoms with E-state index in [2.05, 4.69) is 10.6 Å².